The minimum Gasteiger partial charge on any atom is -0.489 e. The van der Waals surface area contributed by atoms with Crippen molar-refractivity contribution in [1.82, 2.24) is 5.32 Å². The normalized spacial score (nSPS) is 11.8. The number of halogens is 1. The summed E-state index contributed by atoms with van der Waals surface area (Å²) in [6.45, 7) is 1.35. The monoisotopic (exact) mass is 253 g/mol. The van der Waals surface area contributed by atoms with Gasteiger partial charge in [-0.3, -0.25) is 0 Å². The van der Waals surface area contributed by atoms with Crippen molar-refractivity contribution in [3.63, 3.8) is 0 Å². The van der Waals surface area contributed by atoms with E-state index in [4.69, 9.17) is 22.8 Å². The molecule has 0 spiro atoms. The van der Waals surface area contributed by atoms with E-state index in [2.05, 4.69) is 11.2 Å². The molecule has 0 aliphatic heterocycles. The van der Waals surface area contributed by atoms with Crippen LogP contribution in [0.5, 0.6) is 5.75 Å². The molecule has 17 heavy (non-hydrogen) atoms. The van der Waals surface area contributed by atoms with Crippen LogP contribution in [0.2, 0.25) is 5.02 Å². The van der Waals surface area contributed by atoms with Crippen LogP contribution >= 0.6 is 11.6 Å². The third-order valence-electron chi connectivity index (χ3n) is 2.09. The highest BCUT2D eigenvalue weighted by molar-refractivity contribution is 6.32. The van der Waals surface area contributed by atoms with Gasteiger partial charge in [0, 0.05) is 19.5 Å². The zero-order valence-corrected chi connectivity index (χ0v) is 10.3. The lowest BCUT2D eigenvalue weighted by Crippen LogP contribution is -2.31. The van der Waals surface area contributed by atoms with Gasteiger partial charge in [0.05, 0.1) is 5.02 Å². The Morgan fingerprint density at radius 2 is 2.24 bits per heavy atom. The molecule has 1 aromatic rings. The first-order chi connectivity index (χ1) is 8.24. The summed E-state index contributed by atoms with van der Waals surface area (Å²) in [6.07, 6.45) is 5.18. The summed E-state index contributed by atoms with van der Waals surface area (Å²) >= 11 is 5.91. The number of aliphatic hydroxyl groups is 1. The van der Waals surface area contributed by atoms with E-state index in [-0.39, 0.29) is 6.61 Å². The van der Waals surface area contributed by atoms with E-state index < -0.39 is 6.10 Å². The molecule has 1 unspecified atom stereocenters. The summed E-state index contributed by atoms with van der Waals surface area (Å²) in [7, 11) is 0. The molecule has 0 fully saturated rings. The molecule has 1 aromatic carbocycles. The first-order valence-corrected chi connectivity index (χ1v) is 5.81. The van der Waals surface area contributed by atoms with Gasteiger partial charge in [0.25, 0.3) is 0 Å². The first-order valence-electron chi connectivity index (χ1n) is 5.43. The summed E-state index contributed by atoms with van der Waals surface area (Å²) in [5.41, 5.74) is 0. The SMILES string of the molecule is C#CCCNCC(O)COc1ccccc1Cl. The fourth-order valence-electron chi connectivity index (χ4n) is 1.24. The number of terminal acetylenes is 1. The van der Waals surface area contributed by atoms with E-state index in [1.54, 1.807) is 12.1 Å². The molecule has 0 saturated carbocycles. The summed E-state index contributed by atoms with van der Waals surface area (Å²) in [5, 5.41) is 13.2. The van der Waals surface area contributed by atoms with Crippen molar-refractivity contribution in [3.8, 4) is 18.1 Å². The molecular formula is C13H16ClNO2. The summed E-state index contributed by atoms with van der Waals surface area (Å²) < 4.78 is 5.39. The Hall–Kier alpha value is -1.21. The van der Waals surface area contributed by atoms with E-state index in [0.717, 1.165) is 0 Å². The van der Waals surface area contributed by atoms with Gasteiger partial charge in [-0.25, -0.2) is 0 Å². The van der Waals surface area contributed by atoms with Crippen LogP contribution in [0.4, 0.5) is 0 Å². The van der Waals surface area contributed by atoms with E-state index in [9.17, 15) is 5.11 Å². The van der Waals surface area contributed by atoms with E-state index in [1.807, 2.05) is 12.1 Å². The molecule has 2 N–H and O–H groups in total. The predicted octanol–water partition coefficient (Wildman–Crippen LogP) is 1.69. The average molecular weight is 254 g/mol. The molecule has 4 heteroatoms. The average Bonchev–Trinajstić information content (AvgIpc) is 2.34. The zero-order chi connectivity index (χ0) is 12.5. The van der Waals surface area contributed by atoms with Crippen LogP contribution in [0.1, 0.15) is 6.42 Å². The molecule has 0 aliphatic rings. The Balaban J connectivity index is 2.22. The van der Waals surface area contributed by atoms with Crippen LogP contribution in [0.15, 0.2) is 24.3 Å². The second kappa shape index (κ2) is 7.97. The van der Waals surface area contributed by atoms with Crippen LogP contribution in [0.3, 0.4) is 0 Å². The van der Waals surface area contributed by atoms with Crippen LogP contribution in [-0.2, 0) is 0 Å². The Labute approximate surface area is 107 Å². The fourth-order valence-corrected chi connectivity index (χ4v) is 1.43. The highest BCUT2D eigenvalue weighted by Gasteiger charge is 2.06. The lowest BCUT2D eigenvalue weighted by molar-refractivity contribution is 0.107. The first kappa shape index (κ1) is 13.9. The molecule has 92 valence electrons. The Bertz CT molecular complexity index is 376. The zero-order valence-electron chi connectivity index (χ0n) is 9.53. The molecule has 0 radical (unpaired) electrons. The molecule has 0 aromatic heterocycles. The molecule has 0 heterocycles. The summed E-state index contributed by atoms with van der Waals surface area (Å²) in [5.74, 6) is 3.09. The molecule has 0 amide bonds. The van der Waals surface area contributed by atoms with Gasteiger partial charge < -0.3 is 15.2 Å². The molecule has 0 aliphatic carbocycles. The molecule has 1 rings (SSSR count). The summed E-state index contributed by atoms with van der Waals surface area (Å²) in [6, 6.07) is 7.17. The smallest absolute Gasteiger partial charge is 0.138 e. The van der Waals surface area contributed by atoms with E-state index in [1.165, 1.54) is 0 Å². The van der Waals surface area contributed by atoms with Crippen LogP contribution in [0, 0.1) is 12.3 Å². The number of benzene rings is 1. The molecular weight excluding hydrogens is 238 g/mol. The van der Waals surface area contributed by atoms with Gasteiger partial charge in [0.1, 0.15) is 18.5 Å². The van der Waals surface area contributed by atoms with Crippen molar-refractivity contribution < 1.29 is 9.84 Å². The number of ether oxygens (including phenoxy) is 1. The molecule has 0 bridgehead atoms. The van der Waals surface area contributed by atoms with Gasteiger partial charge in [0.2, 0.25) is 0 Å². The lowest BCUT2D eigenvalue weighted by Gasteiger charge is -2.13. The van der Waals surface area contributed by atoms with Crippen molar-refractivity contribution in [3.05, 3.63) is 29.3 Å². The Morgan fingerprint density at radius 3 is 2.94 bits per heavy atom. The van der Waals surface area contributed by atoms with E-state index >= 15 is 0 Å². The number of rotatable bonds is 7. The van der Waals surface area contributed by atoms with Crippen LogP contribution < -0.4 is 10.1 Å². The van der Waals surface area contributed by atoms with E-state index in [0.29, 0.717) is 30.3 Å². The van der Waals surface area contributed by atoms with Crippen molar-refractivity contribution >= 4 is 11.6 Å². The van der Waals surface area contributed by atoms with Gasteiger partial charge in [-0.1, -0.05) is 23.7 Å². The van der Waals surface area contributed by atoms with Crippen molar-refractivity contribution in [1.29, 1.82) is 0 Å². The lowest BCUT2D eigenvalue weighted by atomic mass is 10.3. The second-order valence-electron chi connectivity index (χ2n) is 3.55. The number of nitrogens with one attached hydrogen (secondary N) is 1. The van der Waals surface area contributed by atoms with Crippen molar-refractivity contribution in [2.45, 2.75) is 12.5 Å². The number of hydrogen-bond acceptors (Lipinski definition) is 3. The van der Waals surface area contributed by atoms with Gasteiger partial charge in [0.15, 0.2) is 0 Å². The Kier molecular flexibility index (Phi) is 6.49. The maximum absolute atomic E-state index is 9.62. The van der Waals surface area contributed by atoms with Gasteiger partial charge >= 0.3 is 0 Å². The predicted molar refractivity (Wildman–Crippen MR) is 69.3 cm³/mol. The topological polar surface area (TPSA) is 41.5 Å². The van der Waals surface area contributed by atoms with Gasteiger partial charge in [-0.05, 0) is 12.1 Å². The van der Waals surface area contributed by atoms with Crippen molar-refractivity contribution in [2.24, 2.45) is 0 Å². The van der Waals surface area contributed by atoms with Crippen LogP contribution in [-0.4, -0.2) is 30.9 Å². The number of para-hydroxylation sites is 1. The molecule has 3 nitrogen and oxygen atoms in total. The highest BCUT2D eigenvalue weighted by atomic mass is 35.5. The van der Waals surface area contributed by atoms with Crippen molar-refractivity contribution in [2.75, 3.05) is 19.7 Å². The highest BCUT2D eigenvalue weighted by Crippen LogP contribution is 2.22. The number of hydrogen-bond donors (Lipinski definition) is 2. The molecule has 1 atom stereocenters. The molecule has 0 saturated heterocycles. The number of aliphatic hydroxyl groups excluding tert-OH is 1. The van der Waals surface area contributed by atoms with Gasteiger partial charge in [-0.2, -0.15) is 0 Å². The fraction of sp³-hybridized carbons (Fsp3) is 0.385. The largest absolute Gasteiger partial charge is 0.489 e. The second-order valence-corrected chi connectivity index (χ2v) is 3.96. The quantitative estimate of drug-likeness (QED) is 0.574. The summed E-state index contributed by atoms with van der Waals surface area (Å²) in [4.78, 5) is 0. The maximum atomic E-state index is 9.62. The minimum atomic E-state index is -0.580. The third kappa shape index (κ3) is 5.60. The third-order valence-corrected chi connectivity index (χ3v) is 2.41. The Morgan fingerprint density at radius 1 is 1.47 bits per heavy atom. The maximum Gasteiger partial charge on any atom is 0.138 e. The minimum absolute atomic E-state index is 0.201. The standard InChI is InChI=1S/C13H16ClNO2/c1-2-3-8-15-9-11(16)10-17-13-7-5-4-6-12(13)14/h1,4-7,11,15-16H,3,8-10H2. The van der Waals surface area contributed by atoms with Gasteiger partial charge in [-0.15, -0.1) is 12.3 Å². The van der Waals surface area contributed by atoms with Crippen LogP contribution in [0.25, 0.3) is 0 Å².